The first-order valence-corrected chi connectivity index (χ1v) is 13.0. The zero-order valence-electron chi connectivity index (χ0n) is 19.0. The predicted molar refractivity (Wildman–Crippen MR) is 130 cm³/mol. The molecule has 174 valence electrons. The van der Waals surface area contributed by atoms with Gasteiger partial charge in [0.1, 0.15) is 10.0 Å². The molecule has 2 fully saturated rings. The third kappa shape index (κ3) is 4.28. The number of carboxylic acid groups (broad SMARTS) is 1. The Morgan fingerprint density at radius 1 is 1.24 bits per heavy atom. The second-order valence-corrected chi connectivity index (χ2v) is 12.1. The molecule has 5 rings (SSSR count). The summed E-state index contributed by atoms with van der Waals surface area (Å²) >= 11 is 3.22. The molecule has 1 spiro atoms. The van der Waals surface area contributed by atoms with Crippen LogP contribution in [-0.2, 0) is 0 Å². The first-order chi connectivity index (χ1) is 15.8. The zero-order valence-corrected chi connectivity index (χ0v) is 20.6. The molecule has 1 aliphatic heterocycles. The third-order valence-corrected chi connectivity index (χ3v) is 8.77. The minimum atomic E-state index is -1.11. The molecule has 2 aromatic heterocycles. The molecule has 33 heavy (non-hydrogen) atoms. The summed E-state index contributed by atoms with van der Waals surface area (Å²) in [5, 5.41) is 15.6. The molecule has 1 saturated heterocycles. The van der Waals surface area contributed by atoms with E-state index < -0.39 is 11.8 Å². The molecule has 6 nitrogen and oxygen atoms in total. The van der Waals surface area contributed by atoms with Gasteiger partial charge >= 0.3 is 5.97 Å². The topological polar surface area (TPSA) is 71.2 Å². The van der Waals surface area contributed by atoms with Gasteiger partial charge in [-0.25, -0.2) is 9.18 Å². The van der Waals surface area contributed by atoms with Crippen molar-refractivity contribution in [2.45, 2.75) is 55.9 Å². The maximum Gasteiger partial charge on any atom is 0.355 e. The fourth-order valence-electron chi connectivity index (χ4n) is 4.59. The third-order valence-electron chi connectivity index (χ3n) is 6.55. The van der Waals surface area contributed by atoms with E-state index in [-0.39, 0.29) is 5.69 Å². The van der Waals surface area contributed by atoms with Crippen LogP contribution in [0.1, 0.15) is 55.7 Å². The summed E-state index contributed by atoms with van der Waals surface area (Å²) in [6.07, 6.45) is 5.07. The molecule has 0 amide bonds. The molecule has 0 unspecified atom stereocenters. The normalized spacial score (nSPS) is 17.2. The molecular formula is C24H27FN4O2S2. The summed E-state index contributed by atoms with van der Waals surface area (Å²) in [6, 6.07) is 5.97. The van der Waals surface area contributed by atoms with Gasteiger partial charge in [0, 0.05) is 23.9 Å². The largest absolute Gasteiger partial charge is 0.476 e. The second-order valence-electron chi connectivity index (χ2n) is 9.30. The van der Waals surface area contributed by atoms with Gasteiger partial charge in [-0.15, -0.1) is 11.8 Å². The number of aromatic nitrogens is 3. The van der Waals surface area contributed by atoms with E-state index >= 15 is 0 Å². The summed E-state index contributed by atoms with van der Waals surface area (Å²) in [5.74, 6) is -0.596. The van der Waals surface area contributed by atoms with Gasteiger partial charge in [0.25, 0.3) is 0 Å². The maximum absolute atomic E-state index is 13.9. The van der Waals surface area contributed by atoms with Gasteiger partial charge < -0.3 is 10.0 Å². The van der Waals surface area contributed by atoms with Crippen LogP contribution < -0.4 is 4.90 Å². The molecule has 1 saturated carbocycles. The van der Waals surface area contributed by atoms with Crippen molar-refractivity contribution in [1.82, 2.24) is 14.8 Å². The standard InChI is InChI=1S/C24H27FN4O2S2/c1-14(2)32-22-20(28-11-9-24(7-8-24)10-12-28)26-23(33-22)29-19(21(30)31)18(15(3)27-29)16-5-4-6-17(25)13-16/h4-6,13-14H,7-12H2,1-3H3,(H,30,31). The number of carbonyl (C=O) groups is 1. The SMILES string of the molecule is Cc1nn(-c2nc(N3CCC4(CC3)CC4)c(SC(C)C)s2)c(C(=O)O)c1-c1cccc(F)c1. The molecule has 0 bridgehead atoms. The molecular weight excluding hydrogens is 459 g/mol. The Kier molecular flexibility index (Phi) is 5.73. The predicted octanol–water partition coefficient (Wildman–Crippen LogP) is 6.02. The van der Waals surface area contributed by atoms with Crippen molar-refractivity contribution in [3.63, 3.8) is 0 Å². The molecule has 0 atom stereocenters. The van der Waals surface area contributed by atoms with Crippen LogP contribution in [0.2, 0.25) is 0 Å². The number of halogens is 1. The van der Waals surface area contributed by atoms with E-state index in [0.29, 0.717) is 32.6 Å². The van der Waals surface area contributed by atoms with Gasteiger partial charge in [-0.05, 0) is 55.7 Å². The molecule has 1 N–H and O–H groups in total. The average Bonchev–Trinajstić information content (AvgIpc) is 3.23. The molecule has 9 heteroatoms. The van der Waals surface area contributed by atoms with Crippen LogP contribution >= 0.6 is 23.1 Å². The van der Waals surface area contributed by atoms with E-state index in [1.165, 1.54) is 53.8 Å². The average molecular weight is 487 g/mol. The van der Waals surface area contributed by atoms with Gasteiger partial charge in [0.05, 0.1) is 5.69 Å². The lowest BCUT2D eigenvalue weighted by Gasteiger charge is -2.32. The minimum absolute atomic E-state index is 0.00933. The van der Waals surface area contributed by atoms with Crippen molar-refractivity contribution < 1.29 is 14.3 Å². The van der Waals surface area contributed by atoms with E-state index in [0.717, 1.165) is 23.1 Å². The highest BCUT2D eigenvalue weighted by atomic mass is 32.2. The number of carboxylic acids is 1. The van der Waals surface area contributed by atoms with E-state index in [2.05, 4.69) is 23.8 Å². The fourth-order valence-corrected chi connectivity index (χ4v) is 7.08. The van der Waals surface area contributed by atoms with Gasteiger partial charge in [0.2, 0.25) is 5.13 Å². The highest BCUT2D eigenvalue weighted by molar-refractivity contribution is 8.01. The Morgan fingerprint density at radius 3 is 2.58 bits per heavy atom. The van der Waals surface area contributed by atoms with Crippen molar-refractivity contribution in [2.75, 3.05) is 18.0 Å². The fraction of sp³-hybridized carbons (Fsp3) is 0.458. The number of benzene rings is 1. The van der Waals surface area contributed by atoms with Crippen LogP contribution in [-0.4, -0.2) is 44.2 Å². The number of thioether (sulfide) groups is 1. The van der Waals surface area contributed by atoms with Crippen LogP contribution in [0.15, 0.2) is 28.5 Å². The van der Waals surface area contributed by atoms with E-state index in [4.69, 9.17) is 4.98 Å². The van der Waals surface area contributed by atoms with Crippen molar-refractivity contribution in [3.8, 4) is 16.3 Å². The summed E-state index contributed by atoms with van der Waals surface area (Å²) in [6.45, 7) is 8.00. The van der Waals surface area contributed by atoms with Crippen molar-refractivity contribution in [2.24, 2.45) is 5.41 Å². The summed E-state index contributed by atoms with van der Waals surface area (Å²) < 4.78 is 16.4. The van der Waals surface area contributed by atoms with Crippen molar-refractivity contribution >= 4 is 34.9 Å². The molecule has 2 aliphatic rings. The molecule has 1 aliphatic carbocycles. The number of aryl methyl sites for hydroxylation is 1. The first-order valence-electron chi connectivity index (χ1n) is 11.3. The van der Waals surface area contributed by atoms with Gasteiger partial charge in [-0.1, -0.05) is 37.3 Å². The van der Waals surface area contributed by atoms with E-state index in [1.807, 2.05) is 0 Å². The number of hydrogen-bond donors (Lipinski definition) is 1. The monoisotopic (exact) mass is 486 g/mol. The Bertz CT molecular complexity index is 1210. The minimum Gasteiger partial charge on any atom is -0.476 e. The Morgan fingerprint density at radius 2 is 1.97 bits per heavy atom. The van der Waals surface area contributed by atoms with Gasteiger partial charge in [0.15, 0.2) is 11.5 Å². The molecule has 3 aromatic rings. The quantitative estimate of drug-likeness (QED) is 0.430. The highest BCUT2D eigenvalue weighted by Crippen LogP contribution is 2.54. The first kappa shape index (κ1) is 22.4. The number of hydrogen-bond acceptors (Lipinski definition) is 6. The Balaban J connectivity index is 1.58. The van der Waals surface area contributed by atoms with Crippen LogP contribution in [0.4, 0.5) is 10.2 Å². The summed E-state index contributed by atoms with van der Waals surface area (Å²) in [7, 11) is 0. The lowest BCUT2D eigenvalue weighted by atomic mass is 9.94. The second kappa shape index (κ2) is 8.43. The summed E-state index contributed by atoms with van der Waals surface area (Å²) in [4.78, 5) is 19.6. The maximum atomic E-state index is 13.9. The Labute approximate surface area is 200 Å². The van der Waals surface area contributed by atoms with Crippen molar-refractivity contribution in [3.05, 3.63) is 41.5 Å². The van der Waals surface area contributed by atoms with Crippen LogP contribution in [0.5, 0.6) is 0 Å². The molecule has 3 heterocycles. The van der Waals surface area contributed by atoms with Crippen LogP contribution in [0, 0.1) is 18.2 Å². The smallest absolute Gasteiger partial charge is 0.355 e. The number of nitrogens with zero attached hydrogens (tertiary/aromatic N) is 4. The molecule has 1 aromatic carbocycles. The lowest BCUT2D eigenvalue weighted by Crippen LogP contribution is -2.35. The van der Waals surface area contributed by atoms with Crippen molar-refractivity contribution in [1.29, 1.82) is 0 Å². The number of aromatic carboxylic acids is 1. The molecule has 0 radical (unpaired) electrons. The zero-order chi connectivity index (χ0) is 23.3. The number of rotatable bonds is 6. The Hall–Kier alpha value is -2.39. The number of anilines is 1. The summed E-state index contributed by atoms with van der Waals surface area (Å²) in [5.41, 5.74) is 2.02. The van der Waals surface area contributed by atoms with E-state index in [1.54, 1.807) is 30.8 Å². The van der Waals surface area contributed by atoms with E-state index in [9.17, 15) is 14.3 Å². The van der Waals surface area contributed by atoms with Crippen LogP contribution in [0.3, 0.4) is 0 Å². The van der Waals surface area contributed by atoms with Gasteiger partial charge in [-0.2, -0.15) is 14.8 Å². The number of thiazole rings is 1. The van der Waals surface area contributed by atoms with Crippen LogP contribution in [0.25, 0.3) is 16.3 Å². The highest BCUT2D eigenvalue weighted by Gasteiger charge is 2.45. The van der Waals surface area contributed by atoms with Gasteiger partial charge in [-0.3, -0.25) is 0 Å². The lowest BCUT2D eigenvalue weighted by molar-refractivity contribution is 0.0688. The number of piperidine rings is 1.